The van der Waals surface area contributed by atoms with E-state index in [0.29, 0.717) is 0 Å². The molecule has 3 rings (SSSR count). The van der Waals surface area contributed by atoms with Gasteiger partial charge in [-0.3, -0.25) is 0 Å². The van der Waals surface area contributed by atoms with Crippen LogP contribution in [0.3, 0.4) is 0 Å². The summed E-state index contributed by atoms with van der Waals surface area (Å²) < 4.78 is 1.67. The van der Waals surface area contributed by atoms with Crippen LogP contribution in [0, 0.1) is 5.92 Å². The van der Waals surface area contributed by atoms with Crippen molar-refractivity contribution < 1.29 is 0 Å². The summed E-state index contributed by atoms with van der Waals surface area (Å²) in [5.41, 5.74) is 2.41. The van der Waals surface area contributed by atoms with Crippen LogP contribution in [0.25, 0.3) is 5.69 Å². The van der Waals surface area contributed by atoms with Gasteiger partial charge in [-0.25, -0.2) is 4.68 Å². The van der Waals surface area contributed by atoms with E-state index in [1.54, 1.807) is 11.0 Å². The molecule has 0 amide bonds. The Hall–Kier alpha value is -1.46. The molecule has 1 aromatic carbocycles. The summed E-state index contributed by atoms with van der Waals surface area (Å²) in [6.45, 7) is 2.32. The van der Waals surface area contributed by atoms with Crippen molar-refractivity contribution in [3.8, 4) is 5.69 Å². The summed E-state index contributed by atoms with van der Waals surface area (Å²) in [6.07, 6.45) is 5.36. The zero-order valence-corrected chi connectivity index (χ0v) is 11.5. The second kappa shape index (κ2) is 6.63. The van der Waals surface area contributed by atoms with Gasteiger partial charge < -0.3 is 5.32 Å². The molecule has 0 radical (unpaired) electrons. The molecule has 2 aromatic rings. The molecule has 0 unspecified atom stereocenters. The minimum Gasteiger partial charge on any atom is -0.317 e. The van der Waals surface area contributed by atoms with Crippen LogP contribution in [0.1, 0.15) is 18.4 Å². The van der Waals surface area contributed by atoms with E-state index in [-0.39, 0.29) is 12.4 Å². The third-order valence-electron chi connectivity index (χ3n) is 3.53. The summed E-state index contributed by atoms with van der Waals surface area (Å²) in [6, 6.07) is 8.51. The predicted octanol–water partition coefficient (Wildman–Crippen LogP) is 1.63. The molecule has 1 aromatic heterocycles. The fourth-order valence-corrected chi connectivity index (χ4v) is 2.48. The maximum atomic E-state index is 3.88. The molecule has 0 spiro atoms. The first-order valence-corrected chi connectivity index (χ1v) is 6.45. The largest absolute Gasteiger partial charge is 0.317 e. The molecular weight excluding hydrogens is 262 g/mol. The second-order valence-electron chi connectivity index (χ2n) is 4.82. The second-order valence-corrected chi connectivity index (χ2v) is 4.82. The Morgan fingerprint density at radius 2 is 1.89 bits per heavy atom. The van der Waals surface area contributed by atoms with Crippen molar-refractivity contribution in [2.45, 2.75) is 19.3 Å². The first-order valence-electron chi connectivity index (χ1n) is 6.45. The average molecular weight is 280 g/mol. The zero-order valence-electron chi connectivity index (χ0n) is 10.7. The minimum absolute atomic E-state index is 0. The first kappa shape index (κ1) is 14.0. The number of nitrogens with zero attached hydrogens (tertiary/aromatic N) is 4. The van der Waals surface area contributed by atoms with E-state index in [9.17, 15) is 0 Å². The lowest BCUT2D eigenvalue weighted by atomic mass is 9.91. The van der Waals surface area contributed by atoms with Gasteiger partial charge in [0.15, 0.2) is 0 Å². The van der Waals surface area contributed by atoms with Crippen molar-refractivity contribution in [3.05, 3.63) is 36.2 Å². The molecule has 0 aliphatic carbocycles. The Bertz CT molecular complexity index is 476. The third-order valence-corrected chi connectivity index (χ3v) is 3.53. The molecule has 19 heavy (non-hydrogen) atoms. The quantitative estimate of drug-likeness (QED) is 0.928. The van der Waals surface area contributed by atoms with Gasteiger partial charge in [0.05, 0.1) is 5.69 Å². The SMILES string of the molecule is Cl.c1cc(-n2cnnn2)ccc1CC1CCNCC1. The molecule has 1 saturated heterocycles. The molecule has 0 bridgehead atoms. The van der Waals surface area contributed by atoms with E-state index >= 15 is 0 Å². The number of nitrogens with one attached hydrogen (secondary N) is 1. The van der Waals surface area contributed by atoms with Crippen LogP contribution in [0.15, 0.2) is 30.6 Å². The zero-order chi connectivity index (χ0) is 12.2. The van der Waals surface area contributed by atoms with Crippen LogP contribution in [0.4, 0.5) is 0 Å². The summed E-state index contributed by atoms with van der Waals surface area (Å²) in [5.74, 6) is 0.824. The lowest BCUT2D eigenvalue weighted by Gasteiger charge is -2.22. The lowest BCUT2D eigenvalue weighted by Crippen LogP contribution is -2.28. The van der Waals surface area contributed by atoms with E-state index in [1.165, 1.54) is 24.8 Å². The van der Waals surface area contributed by atoms with Crippen molar-refractivity contribution in [1.82, 2.24) is 25.5 Å². The Labute approximate surface area is 118 Å². The number of aromatic nitrogens is 4. The van der Waals surface area contributed by atoms with Crippen molar-refractivity contribution in [2.75, 3.05) is 13.1 Å². The first-order chi connectivity index (χ1) is 8.92. The maximum absolute atomic E-state index is 3.88. The van der Waals surface area contributed by atoms with Crippen LogP contribution in [-0.2, 0) is 6.42 Å². The predicted molar refractivity (Wildman–Crippen MR) is 75.7 cm³/mol. The highest BCUT2D eigenvalue weighted by molar-refractivity contribution is 5.85. The molecule has 1 aliphatic rings. The molecule has 0 atom stereocenters. The van der Waals surface area contributed by atoms with Gasteiger partial charge in [-0.05, 0) is 66.4 Å². The minimum atomic E-state index is 0. The number of rotatable bonds is 3. The maximum Gasteiger partial charge on any atom is 0.143 e. The molecule has 0 saturated carbocycles. The van der Waals surface area contributed by atoms with E-state index in [4.69, 9.17) is 0 Å². The fraction of sp³-hybridized carbons (Fsp3) is 0.462. The monoisotopic (exact) mass is 279 g/mol. The van der Waals surface area contributed by atoms with Crippen molar-refractivity contribution in [1.29, 1.82) is 0 Å². The molecule has 1 N–H and O–H groups in total. The van der Waals surface area contributed by atoms with E-state index < -0.39 is 0 Å². The van der Waals surface area contributed by atoms with Gasteiger partial charge in [-0.2, -0.15) is 0 Å². The highest BCUT2D eigenvalue weighted by Gasteiger charge is 2.13. The topological polar surface area (TPSA) is 55.6 Å². The van der Waals surface area contributed by atoms with Gasteiger partial charge in [-0.15, -0.1) is 17.5 Å². The fourth-order valence-electron chi connectivity index (χ4n) is 2.48. The smallest absolute Gasteiger partial charge is 0.143 e. The Kier molecular flexibility index (Phi) is 4.87. The van der Waals surface area contributed by atoms with Gasteiger partial charge in [0, 0.05) is 0 Å². The highest BCUT2D eigenvalue weighted by atomic mass is 35.5. The molecular formula is C13H18ClN5. The van der Waals surface area contributed by atoms with E-state index in [0.717, 1.165) is 24.7 Å². The Morgan fingerprint density at radius 1 is 1.16 bits per heavy atom. The summed E-state index contributed by atoms with van der Waals surface area (Å²) in [4.78, 5) is 0. The van der Waals surface area contributed by atoms with Crippen LogP contribution in [-0.4, -0.2) is 33.3 Å². The molecule has 1 fully saturated rings. The van der Waals surface area contributed by atoms with Crippen LogP contribution in [0.5, 0.6) is 0 Å². The molecule has 102 valence electrons. The van der Waals surface area contributed by atoms with Gasteiger partial charge in [0.25, 0.3) is 0 Å². The van der Waals surface area contributed by atoms with Gasteiger partial charge in [0.2, 0.25) is 0 Å². The van der Waals surface area contributed by atoms with Crippen LogP contribution in [0.2, 0.25) is 0 Å². The van der Waals surface area contributed by atoms with Crippen molar-refractivity contribution >= 4 is 12.4 Å². The van der Waals surface area contributed by atoms with Crippen molar-refractivity contribution in [2.24, 2.45) is 5.92 Å². The Balaban J connectivity index is 0.00000133. The number of hydrogen-bond donors (Lipinski definition) is 1. The normalized spacial score (nSPS) is 16.0. The summed E-state index contributed by atoms with van der Waals surface area (Å²) >= 11 is 0. The molecule has 1 aliphatic heterocycles. The Morgan fingerprint density at radius 3 is 2.53 bits per heavy atom. The molecule has 6 heteroatoms. The van der Waals surface area contributed by atoms with Gasteiger partial charge in [0.1, 0.15) is 6.33 Å². The van der Waals surface area contributed by atoms with Crippen molar-refractivity contribution in [3.63, 3.8) is 0 Å². The average Bonchev–Trinajstić information content (AvgIpc) is 2.95. The number of tetrazole rings is 1. The number of piperidine rings is 1. The van der Waals surface area contributed by atoms with Crippen LogP contribution >= 0.6 is 12.4 Å². The standard InChI is InChI=1S/C13H17N5.ClH/c1-3-13(18-10-15-16-17-18)4-2-11(1)9-12-5-7-14-8-6-12;/h1-4,10,12,14H,5-9H2;1H. The number of halogens is 1. The molecule has 2 heterocycles. The third kappa shape index (κ3) is 3.52. The number of hydrogen-bond acceptors (Lipinski definition) is 4. The van der Waals surface area contributed by atoms with Gasteiger partial charge in [-0.1, -0.05) is 12.1 Å². The van der Waals surface area contributed by atoms with E-state index in [2.05, 4.69) is 45.1 Å². The van der Waals surface area contributed by atoms with Crippen LogP contribution < -0.4 is 5.32 Å². The number of benzene rings is 1. The van der Waals surface area contributed by atoms with E-state index in [1.807, 2.05) is 0 Å². The lowest BCUT2D eigenvalue weighted by molar-refractivity contribution is 0.372. The van der Waals surface area contributed by atoms with Gasteiger partial charge >= 0.3 is 0 Å². The highest BCUT2D eigenvalue weighted by Crippen LogP contribution is 2.18. The summed E-state index contributed by atoms with van der Waals surface area (Å²) in [5, 5.41) is 14.6. The molecule has 5 nitrogen and oxygen atoms in total. The summed E-state index contributed by atoms with van der Waals surface area (Å²) in [7, 11) is 0.